The smallest absolute Gasteiger partial charge is 0.266 e. The van der Waals surface area contributed by atoms with E-state index in [0.29, 0.717) is 68.8 Å². The summed E-state index contributed by atoms with van der Waals surface area (Å²) in [5, 5.41) is 5.25. The maximum atomic E-state index is 15.5. The monoisotopic (exact) mass is 772 g/mol. The van der Waals surface area contributed by atoms with Crippen molar-refractivity contribution >= 4 is 45.2 Å². The number of carbonyl (C=O) groups excluding carboxylic acids is 2. The summed E-state index contributed by atoms with van der Waals surface area (Å²) in [4.78, 5) is 44.6. The number of nitrogens with zero attached hydrogens (tertiary/aromatic N) is 4. The van der Waals surface area contributed by atoms with Crippen LogP contribution < -0.4 is 15.0 Å². The number of ether oxygens (including phenoxy) is 2. The molecule has 0 fully saturated rings. The summed E-state index contributed by atoms with van der Waals surface area (Å²) in [7, 11) is 1.61. The van der Waals surface area contributed by atoms with Gasteiger partial charge in [-0.15, -0.1) is 0 Å². The van der Waals surface area contributed by atoms with E-state index in [1.54, 1.807) is 30.1 Å². The lowest BCUT2D eigenvalue weighted by molar-refractivity contribution is 0.0971. The van der Waals surface area contributed by atoms with E-state index in [4.69, 9.17) is 9.47 Å². The molecule has 0 N–H and O–H groups in total. The fourth-order valence-electron chi connectivity index (χ4n) is 6.02. The average Bonchev–Trinajstić information content (AvgIpc) is 3.42. The van der Waals surface area contributed by atoms with E-state index in [2.05, 4.69) is 32.7 Å². The number of halogens is 3. The Morgan fingerprint density at radius 1 is 0.918 bits per heavy atom. The van der Waals surface area contributed by atoms with Gasteiger partial charge in [0.1, 0.15) is 21.0 Å². The molecule has 1 aliphatic carbocycles. The molecule has 0 radical (unpaired) electrons. The van der Waals surface area contributed by atoms with Crippen LogP contribution in [0.2, 0.25) is 0 Å². The number of aromatic nitrogens is 4. The van der Waals surface area contributed by atoms with E-state index in [1.165, 1.54) is 47.0 Å². The second kappa shape index (κ2) is 13.3. The summed E-state index contributed by atoms with van der Waals surface area (Å²) in [6.07, 6.45) is 2.58. The van der Waals surface area contributed by atoms with Crippen LogP contribution in [0.4, 0.5) is 8.78 Å². The highest BCUT2D eigenvalue weighted by molar-refractivity contribution is 14.1. The Bertz CT molecular complexity index is 2320. The molecule has 3 aromatic heterocycles. The number of pyridine rings is 2. The van der Waals surface area contributed by atoms with Crippen LogP contribution >= 0.6 is 22.6 Å². The van der Waals surface area contributed by atoms with Crippen molar-refractivity contribution in [1.29, 1.82) is 0 Å². The van der Waals surface area contributed by atoms with Gasteiger partial charge in [-0.3, -0.25) is 19.0 Å². The van der Waals surface area contributed by atoms with Gasteiger partial charge < -0.3 is 9.47 Å². The number of methoxy groups -OCH3 is 1. The summed E-state index contributed by atoms with van der Waals surface area (Å²) in [5.41, 5.74) is 2.19. The highest BCUT2D eigenvalue weighted by Gasteiger charge is 2.26. The van der Waals surface area contributed by atoms with Gasteiger partial charge in [0.15, 0.2) is 28.8 Å². The SMILES string of the molecule is COc1ccc(Cn2nc(I)c3c(Oc4ccc(CC(=O)c5cc6c(n(-c7ccc(F)cc7)c5=O)CCCC6=O)cc4F)ccnc32)cc1. The Morgan fingerprint density at radius 2 is 1.67 bits per heavy atom. The third kappa shape index (κ3) is 6.35. The third-order valence-electron chi connectivity index (χ3n) is 8.43. The predicted molar refractivity (Wildman–Crippen MR) is 186 cm³/mol. The number of ketones is 2. The molecular formula is C37H27F2IN4O5. The normalized spacial score (nSPS) is 12.6. The third-order valence-corrected chi connectivity index (χ3v) is 9.19. The van der Waals surface area contributed by atoms with Crippen LogP contribution in [0.1, 0.15) is 50.4 Å². The van der Waals surface area contributed by atoms with Gasteiger partial charge in [-0.1, -0.05) is 18.2 Å². The van der Waals surface area contributed by atoms with Crippen molar-refractivity contribution < 1.29 is 27.8 Å². The summed E-state index contributed by atoms with van der Waals surface area (Å²) in [5.74, 6) is -0.907. The maximum absolute atomic E-state index is 15.5. The van der Waals surface area contributed by atoms with Crippen molar-refractivity contribution in [3.05, 3.63) is 139 Å². The van der Waals surface area contributed by atoms with Crippen molar-refractivity contribution in [2.75, 3.05) is 7.11 Å². The zero-order chi connectivity index (χ0) is 34.2. The standard InChI is InChI=1S/C37H27F2IN4O5/c1-48-25-12-5-21(6-13-25)20-43-36-34(35(40)42-43)33(15-16-41-36)49-32-14-7-22(17-28(32)39)18-31(46)27-19-26-29(3-2-4-30(26)45)44(37(27)47)24-10-8-23(38)9-11-24/h5-17,19H,2-4,18,20H2,1H3. The molecule has 246 valence electrons. The van der Waals surface area contributed by atoms with Crippen molar-refractivity contribution in [3.63, 3.8) is 0 Å². The Hall–Kier alpha value is -5.24. The molecule has 0 saturated heterocycles. The zero-order valence-electron chi connectivity index (χ0n) is 26.1. The van der Waals surface area contributed by atoms with Gasteiger partial charge in [0.05, 0.1) is 24.6 Å². The van der Waals surface area contributed by atoms with E-state index >= 15 is 4.39 Å². The van der Waals surface area contributed by atoms with Gasteiger partial charge in [0.2, 0.25) is 0 Å². The molecule has 0 saturated carbocycles. The maximum Gasteiger partial charge on any atom is 0.266 e. The van der Waals surface area contributed by atoms with Crippen LogP contribution in [0.25, 0.3) is 16.7 Å². The first-order valence-electron chi connectivity index (χ1n) is 15.4. The molecule has 0 aliphatic heterocycles. The summed E-state index contributed by atoms with van der Waals surface area (Å²) >= 11 is 2.09. The van der Waals surface area contributed by atoms with Crippen LogP contribution in [0.5, 0.6) is 17.2 Å². The van der Waals surface area contributed by atoms with Crippen LogP contribution in [0, 0.1) is 15.3 Å². The first-order chi connectivity index (χ1) is 23.7. The Balaban J connectivity index is 1.15. The lowest BCUT2D eigenvalue weighted by Gasteiger charge is -2.21. The molecule has 49 heavy (non-hydrogen) atoms. The van der Waals surface area contributed by atoms with Crippen LogP contribution in [-0.4, -0.2) is 38.0 Å². The first kappa shape index (κ1) is 32.3. The van der Waals surface area contributed by atoms with Gasteiger partial charge in [0, 0.05) is 42.0 Å². The molecule has 1 aliphatic rings. The second-order valence-corrected chi connectivity index (χ2v) is 12.6. The van der Waals surface area contributed by atoms with Gasteiger partial charge in [-0.05, 0) is 101 Å². The molecule has 0 bridgehead atoms. The number of benzene rings is 3. The number of hydrogen-bond acceptors (Lipinski definition) is 7. The predicted octanol–water partition coefficient (Wildman–Crippen LogP) is 7.26. The molecule has 7 rings (SSSR count). The largest absolute Gasteiger partial charge is 0.497 e. The second-order valence-electron chi connectivity index (χ2n) is 11.6. The molecule has 3 heterocycles. The fourth-order valence-corrected chi connectivity index (χ4v) is 6.78. The number of Topliss-reactive ketones (excluding diaryl/α,β-unsaturated/α-hetero) is 2. The zero-order valence-corrected chi connectivity index (χ0v) is 28.2. The Labute approximate surface area is 292 Å². The quantitative estimate of drug-likeness (QED) is 0.113. The average molecular weight is 773 g/mol. The highest BCUT2D eigenvalue weighted by Crippen LogP contribution is 2.34. The topological polar surface area (TPSA) is 105 Å². The fraction of sp³-hybridized carbons (Fsp3) is 0.162. The van der Waals surface area contributed by atoms with Crippen molar-refractivity contribution in [2.45, 2.75) is 32.2 Å². The van der Waals surface area contributed by atoms with Crippen LogP contribution in [-0.2, 0) is 19.4 Å². The van der Waals surface area contributed by atoms with Crippen molar-refractivity contribution in [2.24, 2.45) is 0 Å². The van der Waals surface area contributed by atoms with Crippen LogP contribution in [0.15, 0.2) is 89.9 Å². The van der Waals surface area contributed by atoms with Gasteiger partial charge in [-0.25, -0.2) is 18.4 Å². The molecule has 0 atom stereocenters. The molecule has 9 nitrogen and oxygen atoms in total. The van der Waals surface area contributed by atoms with E-state index < -0.39 is 23.0 Å². The minimum Gasteiger partial charge on any atom is -0.497 e. The Morgan fingerprint density at radius 3 is 2.41 bits per heavy atom. The van der Waals surface area contributed by atoms with Gasteiger partial charge in [0.25, 0.3) is 5.56 Å². The van der Waals surface area contributed by atoms with E-state index in [-0.39, 0.29) is 23.5 Å². The van der Waals surface area contributed by atoms with E-state index in [9.17, 15) is 18.8 Å². The molecule has 0 spiro atoms. The van der Waals surface area contributed by atoms with E-state index in [0.717, 1.165) is 11.3 Å². The molecule has 6 aromatic rings. The molecule has 3 aromatic carbocycles. The Kier molecular flexibility index (Phi) is 8.80. The number of rotatable bonds is 9. The lowest BCUT2D eigenvalue weighted by atomic mass is 9.91. The number of hydrogen-bond donors (Lipinski definition) is 0. The van der Waals surface area contributed by atoms with Gasteiger partial charge in [-0.2, -0.15) is 5.10 Å². The summed E-state index contributed by atoms with van der Waals surface area (Å²) in [6.45, 7) is 0.449. The number of carbonyl (C=O) groups is 2. The molecular weight excluding hydrogens is 745 g/mol. The first-order valence-corrected chi connectivity index (χ1v) is 16.5. The summed E-state index contributed by atoms with van der Waals surface area (Å²) < 4.78 is 44.1. The van der Waals surface area contributed by atoms with Crippen LogP contribution in [0.3, 0.4) is 0 Å². The van der Waals surface area contributed by atoms with Crippen molar-refractivity contribution in [1.82, 2.24) is 19.3 Å². The number of fused-ring (bicyclic) bond motifs is 2. The minimum absolute atomic E-state index is 0.0690. The minimum atomic E-state index is -0.708. The van der Waals surface area contributed by atoms with Crippen molar-refractivity contribution in [3.8, 4) is 22.9 Å². The lowest BCUT2D eigenvalue weighted by Crippen LogP contribution is -2.32. The summed E-state index contributed by atoms with van der Waals surface area (Å²) in [6, 6.07) is 20.0. The molecule has 12 heteroatoms. The highest BCUT2D eigenvalue weighted by atomic mass is 127. The van der Waals surface area contributed by atoms with Gasteiger partial charge >= 0.3 is 0 Å². The van der Waals surface area contributed by atoms with E-state index in [1.807, 2.05) is 24.3 Å². The molecule has 0 amide bonds. The molecule has 0 unspecified atom stereocenters.